The average molecular weight is 286 g/mol. The molecule has 2 rings (SSSR count). The molecular weight excluding hydrogens is 264 g/mol. The number of likely N-dealkylation sites (tertiary alicyclic amines) is 1. The molecule has 6 heteroatoms. The van der Waals surface area contributed by atoms with Crippen LogP contribution in [0.1, 0.15) is 31.1 Å². The third kappa shape index (κ3) is 3.58. The molecular formula is C13H22N2O3S. The van der Waals surface area contributed by atoms with E-state index < -0.39 is 10.0 Å². The highest BCUT2D eigenvalue weighted by Crippen LogP contribution is 2.31. The Kier molecular flexibility index (Phi) is 4.65. The van der Waals surface area contributed by atoms with E-state index in [1.54, 1.807) is 20.4 Å². The van der Waals surface area contributed by atoms with Crippen LogP contribution in [0.2, 0.25) is 0 Å². The Morgan fingerprint density at radius 2 is 2.26 bits per heavy atom. The molecule has 1 aromatic heterocycles. The zero-order chi connectivity index (χ0) is 13.9. The molecule has 1 atom stereocenters. The molecule has 0 bridgehead atoms. The lowest BCUT2D eigenvalue weighted by Gasteiger charge is -2.23. The summed E-state index contributed by atoms with van der Waals surface area (Å²) in [5, 5.41) is 0. The summed E-state index contributed by atoms with van der Waals surface area (Å²) in [4.78, 5) is 2.32. The minimum Gasteiger partial charge on any atom is -0.468 e. The summed E-state index contributed by atoms with van der Waals surface area (Å²) in [5.74, 6) is 1.20. The molecule has 19 heavy (non-hydrogen) atoms. The summed E-state index contributed by atoms with van der Waals surface area (Å²) < 4.78 is 30.2. The maximum Gasteiger partial charge on any atom is 0.213 e. The van der Waals surface area contributed by atoms with Crippen molar-refractivity contribution in [2.24, 2.45) is 0 Å². The van der Waals surface area contributed by atoms with Crippen molar-refractivity contribution in [2.75, 3.05) is 32.9 Å². The number of nitrogens with zero attached hydrogens (tertiary/aromatic N) is 2. The fraction of sp³-hybridized carbons (Fsp3) is 0.692. The van der Waals surface area contributed by atoms with Gasteiger partial charge in [-0.3, -0.25) is 4.90 Å². The van der Waals surface area contributed by atoms with Crippen LogP contribution in [0.5, 0.6) is 0 Å². The molecule has 0 radical (unpaired) electrons. The van der Waals surface area contributed by atoms with Crippen LogP contribution in [0, 0.1) is 0 Å². The Morgan fingerprint density at radius 1 is 1.47 bits per heavy atom. The molecule has 0 aromatic carbocycles. The predicted molar refractivity (Wildman–Crippen MR) is 74.3 cm³/mol. The van der Waals surface area contributed by atoms with Crippen LogP contribution in [0.4, 0.5) is 0 Å². The van der Waals surface area contributed by atoms with Crippen molar-refractivity contribution in [3.05, 3.63) is 24.2 Å². The van der Waals surface area contributed by atoms with Gasteiger partial charge in [-0.15, -0.1) is 0 Å². The smallest absolute Gasteiger partial charge is 0.213 e. The van der Waals surface area contributed by atoms with E-state index in [0.717, 1.165) is 31.7 Å². The summed E-state index contributed by atoms with van der Waals surface area (Å²) in [7, 11) is 0.0825. The molecule has 0 saturated carbocycles. The molecule has 0 N–H and O–H groups in total. The van der Waals surface area contributed by atoms with Gasteiger partial charge in [0.15, 0.2) is 0 Å². The van der Waals surface area contributed by atoms with Gasteiger partial charge in [-0.1, -0.05) is 0 Å². The van der Waals surface area contributed by atoms with Gasteiger partial charge in [-0.25, -0.2) is 12.7 Å². The molecule has 1 fully saturated rings. The summed E-state index contributed by atoms with van der Waals surface area (Å²) in [6.45, 7) is 1.83. The number of rotatable bonds is 6. The normalized spacial score (nSPS) is 21.3. The van der Waals surface area contributed by atoms with Crippen LogP contribution in [0.25, 0.3) is 0 Å². The molecule has 0 amide bonds. The minimum atomic E-state index is -3.08. The van der Waals surface area contributed by atoms with Crippen molar-refractivity contribution in [2.45, 2.75) is 25.3 Å². The largest absolute Gasteiger partial charge is 0.468 e. The second kappa shape index (κ2) is 6.07. The van der Waals surface area contributed by atoms with E-state index in [-0.39, 0.29) is 5.75 Å². The molecule has 1 aliphatic heterocycles. The van der Waals surface area contributed by atoms with Crippen LogP contribution in [0.15, 0.2) is 22.8 Å². The Hall–Kier alpha value is -0.850. The number of furan rings is 1. The van der Waals surface area contributed by atoms with Gasteiger partial charge in [0.05, 0.1) is 18.1 Å². The molecule has 2 heterocycles. The van der Waals surface area contributed by atoms with E-state index >= 15 is 0 Å². The molecule has 1 aliphatic rings. The third-order valence-electron chi connectivity index (χ3n) is 3.64. The van der Waals surface area contributed by atoms with Crippen LogP contribution in [-0.2, 0) is 10.0 Å². The maximum absolute atomic E-state index is 11.7. The summed E-state index contributed by atoms with van der Waals surface area (Å²) in [6.07, 6.45) is 4.60. The topological polar surface area (TPSA) is 53.8 Å². The molecule has 1 saturated heterocycles. The molecule has 0 unspecified atom stereocenters. The molecule has 5 nitrogen and oxygen atoms in total. The Labute approximate surface area is 115 Å². The predicted octanol–water partition coefficient (Wildman–Crippen LogP) is 1.70. The lowest BCUT2D eigenvalue weighted by molar-refractivity contribution is 0.229. The second-order valence-corrected chi connectivity index (χ2v) is 7.46. The van der Waals surface area contributed by atoms with Crippen LogP contribution in [0.3, 0.4) is 0 Å². The SMILES string of the molecule is CN(C)S(=O)(=O)CCCN1CCC[C@H]1c1ccco1. The summed E-state index contributed by atoms with van der Waals surface area (Å²) in [6, 6.07) is 4.22. The van der Waals surface area contributed by atoms with Crippen molar-refractivity contribution in [1.29, 1.82) is 0 Å². The highest BCUT2D eigenvalue weighted by Gasteiger charge is 2.27. The van der Waals surface area contributed by atoms with Crippen molar-refractivity contribution >= 4 is 10.0 Å². The molecule has 1 aromatic rings. The van der Waals surface area contributed by atoms with Gasteiger partial charge in [-0.2, -0.15) is 0 Å². The first kappa shape index (κ1) is 14.6. The van der Waals surface area contributed by atoms with Gasteiger partial charge in [0.2, 0.25) is 10.0 Å². The second-order valence-electron chi connectivity index (χ2n) is 5.16. The van der Waals surface area contributed by atoms with E-state index in [4.69, 9.17) is 4.42 Å². The summed E-state index contributed by atoms with van der Waals surface area (Å²) in [5.41, 5.74) is 0. The number of hydrogen-bond donors (Lipinski definition) is 0. The van der Waals surface area contributed by atoms with Crippen LogP contribution in [-0.4, -0.2) is 50.6 Å². The van der Waals surface area contributed by atoms with E-state index in [9.17, 15) is 8.42 Å². The monoisotopic (exact) mass is 286 g/mol. The zero-order valence-electron chi connectivity index (χ0n) is 11.6. The van der Waals surface area contributed by atoms with Gasteiger partial charge in [0.1, 0.15) is 5.76 Å². The first-order chi connectivity index (χ1) is 9.00. The van der Waals surface area contributed by atoms with Crippen LogP contribution >= 0.6 is 0 Å². The molecule has 0 aliphatic carbocycles. The van der Waals surface area contributed by atoms with Gasteiger partial charge in [0.25, 0.3) is 0 Å². The number of sulfonamides is 1. The van der Waals surface area contributed by atoms with Crippen LogP contribution < -0.4 is 0 Å². The highest BCUT2D eigenvalue weighted by molar-refractivity contribution is 7.89. The Balaban J connectivity index is 1.86. The van der Waals surface area contributed by atoms with Crippen molar-refractivity contribution in [3.63, 3.8) is 0 Å². The molecule has 0 spiro atoms. The standard InChI is InChI=1S/C13H22N2O3S/c1-14(2)19(16,17)11-5-9-15-8-3-6-12(15)13-7-4-10-18-13/h4,7,10,12H,3,5-6,8-9,11H2,1-2H3/t12-/m0/s1. The fourth-order valence-corrected chi connectivity index (χ4v) is 3.39. The van der Waals surface area contributed by atoms with Crippen molar-refractivity contribution in [1.82, 2.24) is 9.21 Å². The Morgan fingerprint density at radius 3 is 2.89 bits per heavy atom. The van der Waals surface area contributed by atoms with Gasteiger partial charge in [0, 0.05) is 14.1 Å². The van der Waals surface area contributed by atoms with E-state index in [0.29, 0.717) is 12.5 Å². The van der Waals surface area contributed by atoms with E-state index in [1.165, 1.54) is 4.31 Å². The van der Waals surface area contributed by atoms with E-state index in [1.807, 2.05) is 12.1 Å². The first-order valence-corrected chi connectivity index (χ1v) is 8.29. The number of hydrogen-bond acceptors (Lipinski definition) is 4. The Bertz CT molecular complexity index is 482. The first-order valence-electron chi connectivity index (χ1n) is 6.68. The van der Waals surface area contributed by atoms with Gasteiger partial charge >= 0.3 is 0 Å². The minimum absolute atomic E-state index is 0.210. The lowest BCUT2D eigenvalue weighted by atomic mass is 10.1. The van der Waals surface area contributed by atoms with Gasteiger partial charge < -0.3 is 4.42 Å². The van der Waals surface area contributed by atoms with Gasteiger partial charge in [-0.05, 0) is 44.5 Å². The summed E-state index contributed by atoms with van der Waals surface area (Å²) >= 11 is 0. The molecule has 108 valence electrons. The lowest BCUT2D eigenvalue weighted by Crippen LogP contribution is -2.29. The fourth-order valence-electron chi connectivity index (χ4n) is 2.53. The maximum atomic E-state index is 11.7. The zero-order valence-corrected chi connectivity index (χ0v) is 12.4. The van der Waals surface area contributed by atoms with Crippen molar-refractivity contribution in [3.8, 4) is 0 Å². The van der Waals surface area contributed by atoms with E-state index in [2.05, 4.69) is 4.90 Å². The quantitative estimate of drug-likeness (QED) is 0.798. The third-order valence-corrected chi connectivity index (χ3v) is 5.56. The highest BCUT2D eigenvalue weighted by atomic mass is 32.2. The average Bonchev–Trinajstić information content (AvgIpc) is 2.97. The van der Waals surface area contributed by atoms with Crippen molar-refractivity contribution < 1.29 is 12.8 Å².